The minimum Gasteiger partial charge on any atom is -0.343 e. The van der Waals surface area contributed by atoms with E-state index >= 15 is 0 Å². The van der Waals surface area contributed by atoms with Gasteiger partial charge in [0.25, 0.3) is 0 Å². The average molecular weight is 342 g/mol. The third-order valence-corrected chi connectivity index (χ3v) is 4.82. The topological polar surface area (TPSA) is 62.5 Å². The monoisotopic (exact) mass is 342 g/mol. The van der Waals surface area contributed by atoms with Crippen LogP contribution in [0, 0.1) is 0 Å². The predicted molar refractivity (Wildman–Crippen MR) is 95.2 cm³/mol. The molecule has 2 aromatic rings. The molecular formula is C19H26N4O2. The Labute approximate surface area is 148 Å². The summed E-state index contributed by atoms with van der Waals surface area (Å²) in [6.45, 7) is 1.68. The summed E-state index contributed by atoms with van der Waals surface area (Å²) < 4.78 is 5.28. The standard InChI is InChI=1S/C19H26N4O2/c1-22(2)16-10-12-23(13-11-16)19(24)9-8-18-20-17(21-25-18)14-15-6-4-3-5-7-15/h3-7,16H,8-14H2,1-2H3. The molecule has 0 radical (unpaired) electrons. The Morgan fingerprint density at radius 1 is 1.24 bits per heavy atom. The Morgan fingerprint density at radius 2 is 1.96 bits per heavy atom. The molecule has 1 saturated heterocycles. The number of aromatic nitrogens is 2. The van der Waals surface area contributed by atoms with E-state index < -0.39 is 0 Å². The molecule has 0 aliphatic carbocycles. The van der Waals surface area contributed by atoms with Gasteiger partial charge in [-0.3, -0.25) is 4.79 Å². The van der Waals surface area contributed by atoms with Crippen LogP contribution in [0.15, 0.2) is 34.9 Å². The Hall–Kier alpha value is -2.21. The largest absolute Gasteiger partial charge is 0.343 e. The number of rotatable bonds is 6. The van der Waals surface area contributed by atoms with Crippen molar-refractivity contribution in [3.8, 4) is 0 Å². The van der Waals surface area contributed by atoms with Gasteiger partial charge in [0, 0.05) is 38.4 Å². The summed E-state index contributed by atoms with van der Waals surface area (Å²) in [7, 11) is 4.20. The van der Waals surface area contributed by atoms with Crippen molar-refractivity contribution in [2.24, 2.45) is 0 Å². The minimum atomic E-state index is 0.181. The van der Waals surface area contributed by atoms with Crippen LogP contribution in [-0.4, -0.2) is 59.1 Å². The second kappa shape index (κ2) is 8.25. The SMILES string of the molecule is CN(C)C1CCN(C(=O)CCc2nc(Cc3ccccc3)no2)CC1. The Morgan fingerprint density at radius 3 is 2.64 bits per heavy atom. The van der Waals surface area contributed by atoms with E-state index in [4.69, 9.17) is 4.52 Å². The molecular weight excluding hydrogens is 316 g/mol. The van der Waals surface area contributed by atoms with Gasteiger partial charge in [0.1, 0.15) is 0 Å². The molecule has 0 spiro atoms. The van der Waals surface area contributed by atoms with Crippen molar-refractivity contribution in [2.45, 2.75) is 38.1 Å². The fourth-order valence-electron chi connectivity index (χ4n) is 3.25. The number of likely N-dealkylation sites (tertiary alicyclic amines) is 1. The summed E-state index contributed by atoms with van der Waals surface area (Å²) in [4.78, 5) is 21.0. The number of carbonyl (C=O) groups is 1. The minimum absolute atomic E-state index is 0.181. The lowest BCUT2D eigenvalue weighted by atomic mass is 10.0. The van der Waals surface area contributed by atoms with E-state index in [2.05, 4.69) is 29.1 Å². The molecule has 1 fully saturated rings. The molecule has 2 heterocycles. The van der Waals surface area contributed by atoms with Crippen LogP contribution in [0.25, 0.3) is 0 Å². The maximum atomic E-state index is 12.4. The third kappa shape index (κ3) is 4.89. The van der Waals surface area contributed by atoms with Crippen LogP contribution >= 0.6 is 0 Å². The van der Waals surface area contributed by atoms with E-state index in [-0.39, 0.29) is 5.91 Å². The fraction of sp³-hybridized carbons (Fsp3) is 0.526. The number of piperidine rings is 1. The third-order valence-electron chi connectivity index (χ3n) is 4.82. The zero-order valence-electron chi connectivity index (χ0n) is 15.0. The van der Waals surface area contributed by atoms with E-state index in [0.717, 1.165) is 31.5 Å². The molecule has 134 valence electrons. The maximum Gasteiger partial charge on any atom is 0.227 e. The lowest BCUT2D eigenvalue weighted by Gasteiger charge is -2.35. The predicted octanol–water partition coefficient (Wildman–Crippen LogP) is 2.15. The first-order valence-corrected chi connectivity index (χ1v) is 8.91. The van der Waals surface area contributed by atoms with Gasteiger partial charge in [-0.2, -0.15) is 4.98 Å². The smallest absolute Gasteiger partial charge is 0.227 e. The van der Waals surface area contributed by atoms with Crippen molar-refractivity contribution in [3.05, 3.63) is 47.6 Å². The van der Waals surface area contributed by atoms with Crippen molar-refractivity contribution in [2.75, 3.05) is 27.2 Å². The lowest BCUT2D eigenvalue weighted by Crippen LogP contribution is -2.44. The van der Waals surface area contributed by atoms with Crippen LogP contribution in [-0.2, 0) is 17.6 Å². The molecule has 0 N–H and O–H groups in total. The molecule has 0 unspecified atom stereocenters. The number of benzene rings is 1. The Balaban J connectivity index is 1.45. The van der Waals surface area contributed by atoms with E-state index in [0.29, 0.717) is 37.0 Å². The van der Waals surface area contributed by atoms with E-state index in [1.807, 2.05) is 35.2 Å². The summed E-state index contributed by atoms with van der Waals surface area (Å²) in [6, 6.07) is 10.6. The van der Waals surface area contributed by atoms with Crippen LogP contribution < -0.4 is 0 Å². The van der Waals surface area contributed by atoms with Crippen molar-refractivity contribution < 1.29 is 9.32 Å². The number of aryl methyl sites for hydroxylation is 1. The van der Waals surface area contributed by atoms with Gasteiger partial charge < -0.3 is 14.3 Å². The lowest BCUT2D eigenvalue weighted by molar-refractivity contribution is -0.132. The van der Waals surface area contributed by atoms with E-state index in [1.54, 1.807) is 0 Å². The maximum absolute atomic E-state index is 12.4. The zero-order valence-corrected chi connectivity index (χ0v) is 15.0. The van der Waals surface area contributed by atoms with E-state index in [1.165, 1.54) is 0 Å². The summed E-state index contributed by atoms with van der Waals surface area (Å²) in [5.41, 5.74) is 1.15. The molecule has 1 aliphatic rings. The molecule has 1 aliphatic heterocycles. The van der Waals surface area contributed by atoms with Gasteiger partial charge in [-0.05, 0) is 32.5 Å². The van der Waals surface area contributed by atoms with Crippen molar-refractivity contribution >= 4 is 5.91 Å². The molecule has 1 aromatic carbocycles. The summed E-state index contributed by atoms with van der Waals surface area (Å²) in [5, 5.41) is 4.01. The highest BCUT2D eigenvalue weighted by atomic mass is 16.5. The normalized spacial score (nSPS) is 15.7. The number of nitrogens with zero attached hydrogens (tertiary/aromatic N) is 4. The molecule has 0 atom stereocenters. The van der Waals surface area contributed by atoms with E-state index in [9.17, 15) is 4.79 Å². The van der Waals surface area contributed by atoms with Gasteiger partial charge in [-0.15, -0.1) is 0 Å². The molecule has 1 aromatic heterocycles. The molecule has 6 heteroatoms. The van der Waals surface area contributed by atoms with Crippen LogP contribution in [0.4, 0.5) is 0 Å². The number of carbonyl (C=O) groups excluding carboxylic acids is 1. The summed E-state index contributed by atoms with van der Waals surface area (Å²) in [5.74, 6) is 1.39. The number of hydrogen-bond donors (Lipinski definition) is 0. The molecule has 0 saturated carbocycles. The van der Waals surface area contributed by atoms with Crippen molar-refractivity contribution in [1.82, 2.24) is 19.9 Å². The second-order valence-corrected chi connectivity index (χ2v) is 6.84. The van der Waals surface area contributed by atoms with Gasteiger partial charge in [0.2, 0.25) is 11.8 Å². The van der Waals surface area contributed by atoms with Crippen LogP contribution in [0.5, 0.6) is 0 Å². The first-order valence-electron chi connectivity index (χ1n) is 8.91. The Kier molecular flexibility index (Phi) is 5.81. The zero-order chi connectivity index (χ0) is 17.6. The second-order valence-electron chi connectivity index (χ2n) is 6.84. The molecule has 25 heavy (non-hydrogen) atoms. The summed E-state index contributed by atoms with van der Waals surface area (Å²) in [6.07, 6.45) is 3.67. The van der Waals surface area contributed by atoms with Gasteiger partial charge >= 0.3 is 0 Å². The highest BCUT2D eigenvalue weighted by Crippen LogP contribution is 2.15. The van der Waals surface area contributed by atoms with Gasteiger partial charge in [0.15, 0.2) is 5.82 Å². The Bertz CT molecular complexity index is 676. The van der Waals surface area contributed by atoms with Gasteiger partial charge in [0.05, 0.1) is 0 Å². The first-order chi connectivity index (χ1) is 12.1. The highest BCUT2D eigenvalue weighted by Gasteiger charge is 2.24. The highest BCUT2D eigenvalue weighted by molar-refractivity contribution is 5.76. The number of hydrogen-bond acceptors (Lipinski definition) is 5. The molecule has 6 nitrogen and oxygen atoms in total. The van der Waals surface area contributed by atoms with Crippen molar-refractivity contribution in [1.29, 1.82) is 0 Å². The molecule has 0 bridgehead atoms. The van der Waals surface area contributed by atoms with Crippen LogP contribution in [0.2, 0.25) is 0 Å². The van der Waals surface area contributed by atoms with Crippen molar-refractivity contribution in [3.63, 3.8) is 0 Å². The van der Waals surface area contributed by atoms with Gasteiger partial charge in [-0.25, -0.2) is 0 Å². The summed E-state index contributed by atoms with van der Waals surface area (Å²) >= 11 is 0. The molecule has 1 amide bonds. The first kappa shape index (κ1) is 17.6. The van der Waals surface area contributed by atoms with Crippen LogP contribution in [0.3, 0.4) is 0 Å². The fourth-order valence-corrected chi connectivity index (χ4v) is 3.25. The average Bonchev–Trinajstić information content (AvgIpc) is 3.08. The quantitative estimate of drug-likeness (QED) is 0.805. The van der Waals surface area contributed by atoms with Crippen LogP contribution in [0.1, 0.15) is 36.5 Å². The number of amides is 1. The molecule has 3 rings (SSSR count). The van der Waals surface area contributed by atoms with Gasteiger partial charge in [-0.1, -0.05) is 35.5 Å².